The zero-order chi connectivity index (χ0) is 13.0. The van der Waals surface area contributed by atoms with Crippen LogP contribution >= 0.6 is 11.6 Å². The Labute approximate surface area is 113 Å². The minimum absolute atomic E-state index is 0.0777. The number of rotatable bonds is 6. The van der Waals surface area contributed by atoms with E-state index in [0.29, 0.717) is 10.9 Å². The quantitative estimate of drug-likeness (QED) is 0.833. The van der Waals surface area contributed by atoms with Crippen LogP contribution in [0.3, 0.4) is 0 Å². The van der Waals surface area contributed by atoms with E-state index in [2.05, 4.69) is 17.3 Å². The van der Waals surface area contributed by atoms with Crippen LogP contribution in [0, 0.1) is 5.92 Å². The van der Waals surface area contributed by atoms with Crippen LogP contribution in [0.15, 0.2) is 12.4 Å². The Morgan fingerprint density at radius 2 is 2.50 bits per heavy atom. The van der Waals surface area contributed by atoms with Crippen LogP contribution in [0.25, 0.3) is 0 Å². The Bertz CT molecular complexity index is 382. The van der Waals surface area contributed by atoms with Gasteiger partial charge in [0.15, 0.2) is 0 Å². The molecule has 0 radical (unpaired) electrons. The van der Waals surface area contributed by atoms with Crippen molar-refractivity contribution in [1.82, 2.24) is 15.1 Å². The number of hydrogen-bond donors (Lipinski definition) is 2. The molecule has 102 valence electrons. The first kappa shape index (κ1) is 13.8. The van der Waals surface area contributed by atoms with Crippen molar-refractivity contribution < 1.29 is 5.11 Å². The highest BCUT2D eigenvalue weighted by Crippen LogP contribution is 2.37. The summed E-state index contributed by atoms with van der Waals surface area (Å²) in [7, 11) is 0. The second-order valence-corrected chi connectivity index (χ2v) is 5.58. The monoisotopic (exact) mass is 271 g/mol. The van der Waals surface area contributed by atoms with Crippen molar-refractivity contribution >= 4 is 11.6 Å². The average molecular weight is 272 g/mol. The average Bonchev–Trinajstić information content (AvgIpc) is 2.94. The Morgan fingerprint density at radius 1 is 1.67 bits per heavy atom. The highest BCUT2D eigenvalue weighted by atomic mass is 35.5. The minimum atomic E-state index is -0.0777. The molecule has 5 heteroatoms. The number of likely N-dealkylation sites (N-methyl/N-ethyl adjacent to an activating group) is 1. The largest absolute Gasteiger partial charge is 0.394 e. The topological polar surface area (TPSA) is 50.1 Å². The van der Waals surface area contributed by atoms with Crippen LogP contribution in [0.5, 0.6) is 0 Å². The molecule has 1 fully saturated rings. The molecule has 1 aliphatic carbocycles. The first-order chi connectivity index (χ1) is 8.70. The van der Waals surface area contributed by atoms with E-state index in [4.69, 9.17) is 11.6 Å². The number of aromatic nitrogens is 2. The molecule has 4 nitrogen and oxygen atoms in total. The molecule has 1 aromatic rings. The number of hydrogen-bond acceptors (Lipinski definition) is 3. The first-order valence-electron chi connectivity index (χ1n) is 6.74. The number of aryl methyl sites for hydroxylation is 1. The van der Waals surface area contributed by atoms with Crippen molar-refractivity contribution in [3.05, 3.63) is 17.4 Å². The summed E-state index contributed by atoms with van der Waals surface area (Å²) in [6.07, 6.45) is 8.00. The second kappa shape index (κ2) is 6.04. The molecule has 1 saturated carbocycles. The molecule has 2 unspecified atom stereocenters. The number of nitrogens with one attached hydrogen (secondary N) is 1. The molecular weight excluding hydrogens is 250 g/mol. The van der Waals surface area contributed by atoms with Crippen molar-refractivity contribution in [2.24, 2.45) is 5.92 Å². The number of aliphatic hydroxyl groups excluding tert-OH is 1. The van der Waals surface area contributed by atoms with Crippen LogP contribution in [-0.4, -0.2) is 33.6 Å². The molecule has 1 heterocycles. The maximum absolute atomic E-state index is 9.71. The van der Waals surface area contributed by atoms with Crippen LogP contribution in [-0.2, 0) is 6.54 Å². The lowest BCUT2D eigenvalue weighted by Gasteiger charge is -2.35. The predicted octanol–water partition coefficient (Wildman–Crippen LogP) is 2.07. The van der Waals surface area contributed by atoms with E-state index < -0.39 is 0 Å². The molecule has 1 aliphatic rings. The lowest BCUT2D eigenvalue weighted by molar-refractivity contribution is 0.118. The fourth-order valence-electron chi connectivity index (χ4n) is 3.16. The van der Waals surface area contributed by atoms with Gasteiger partial charge in [0.1, 0.15) is 0 Å². The second-order valence-electron chi connectivity index (χ2n) is 5.14. The van der Waals surface area contributed by atoms with Gasteiger partial charge in [-0.2, -0.15) is 5.10 Å². The van der Waals surface area contributed by atoms with Crippen molar-refractivity contribution in [1.29, 1.82) is 0 Å². The Morgan fingerprint density at radius 3 is 3.11 bits per heavy atom. The summed E-state index contributed by atoms with van der Waals surface area (Å²) in [5.41, 5.74) is -0.0777. The maximum Gasteiger partial charge on any atom is 0.0785 e. The Balaban J connectivity index is 1.95. The Kier molecular flexibility index (Phi) is 4.65. The van der Waals surface area contributed by atoms with Gasteiger partial charge in [0.2, 0.25) is 0 Å². The number of nitrogens with zero attached hydrogens (tertiary/aromatic N) is 2. The van der Waals surface area contributed by atoms with Gasteiger partial charge in [-0.05, 0) is 31.7 Å². The third kappa shape index (κ3) is 2.87. The highest BCUT2D eigenvalue weighted by Gasteiger charge is 2.41. The third-order valence-electron chi connectivity index (χ3n) is 4.08. The van der Waals surface area contributed by atoms with E-state index in [1.165, 1.54) is 12.8 Å². The van der Waals surface area contributed by atoms with E-state index in [9.17, 15) is 5.11 Å². The van der Waals surface area contributed by atoms with Gasteiger partial charge < -0.3 is 10.4 Å². The molecule has 18 heavy (non-hydrogen) atoms. The van der Waals surface area contributed by atoms with E-state index in [1.54, 1.807) is 6.20 Å². The van der Waals surface area contributed by atoms with Gasteiger partial charge in [0.25, 0.3) is 0 Å². The van der Waals surface area contributed by atoms with E-state index >= 15 is 0 Å². The van der Waals surface area contributed by atoms with Crippen LogP contribution < -0.4 is 5.32 Å². The molecule has 0 aromatic carbocycles. The third-order valence-corrected chi connectivity index (χ3v) is 4.27. The van der Waals surface area contributed by atoms with Crippen LogP contribution in [0.4, 0.5) is 0 Å². The normalized spacial score (nSPS) is 27.8. The molecule has 0 spiro atoms. The summed E-state index contributed by atoms with van der Waals surface area (Å²) < 4.78 is 1.88. The fourth-order valence-corrected chi connectivity index (χ4v) is 3.32. The van der Waals surface area contributed by atoms with Crippen LogP contribution in [0.1, 0.15) is 32.6 Å². The molecule has 1 aromatic heterocycles. The molecule has 0 saturated heterocycles. The van der Waals surface area contributed by atoms with E-state index in [-0.39, 0.29) is 12.1 Å². The van der Waals surface area contributed by atoms with Gasteiger partial charge in [0.05, 0.1) is 17.8 Å². The molecular formula is C13H22ClN3O. The summed E-state index contributed by atoms with van der Waals surface area (Å²) in [4.78, 5) is 0. The number of halogens is 1. The van der Waals surface area contributed by atoms with Gasteiger partial charge in [-0.15, -0.1) is 0 Å². The standard InChI is InChI=1S/C13H22ClN3O/c1-2-15-13(10-18)6-3-4-11(13)5-7-17-9-12(14)8-16-17/h8-9,11,15,18H,2-7,10H2,1H3. The molecule has 0 bridgehead atoms. The summed E-state index contributed by atoms with van der Waals surface area (Å²) in [6, 6.07) is 0. The zero-order valence-electron chi connectivity index (χ0n) is 10.9. The fraction of sp³-hybridized carbons (Fsp3) is 0.769. The summed E-state index contributed by atoms with van der Waals surface area (Å²) in [5.74, 6) is 0.519. The van der Waals surface area contributed by atoms with Crippen molar-refractivity contribution in [2.45, 2.75) is 44.7 Å². The molecule has 2 atom stereocenters. The highest BCUT2D eigenvalue weighted by molar-refractivity contribution is 6.30. The van der Waals surface area contributed by atoms with Crippen molar-refractivity contribution in [3.63, 3.8) is 0 Å². The van der Waals surface area contributed by atoms with Gasteiger partial charge >= 0.3 is 0 Å². The lowest BCUT2D eigenvalue weighted by Crippen LogP contribution is -2.51. The molecule has 0 amide bonds. The van der Waals surface area contributed by atoms with E-state index in [1.807, 2.05) is 10.9 Å². The SMILES string of the molecule is CCNC1(CO)CCCC1CCn1cc(Cl)cn1. The molecule has 2 rings (SSSR count). The molecule has 2 N–H and O–H groups in total. The van der Waals surface area contributed by atoms with E-state index in [0.717, 1.165) is 25.9 Å². The smallest absolute Gasteiger partial charge is 0.0785 e. The number of aliphatic hydroxyl groups is 1. The van der Waals surface area contributed by atoms with Gasteiger partial charge in [-0.25, -0.2) is 0 Å². The zero-order valence-corrected chi connectivity index (χ0v) is 11.7. The lowest BCUT2D eigenvalue weighted by atomic mass is 9.85. The van der Waals surface area contributed by atoms with Crippen LogP contribution in [0.2, 0.25) is 5.02 Å². The molecule has 0 aliphatic heterocycles. The maximum atomic E-state index is 9.71. The predicted molar refractivity (Wildman–Crippen MR) is 72.7 cm³/mol. The summed E-state index contributed by atoms with van der Waals surface area (Å²) in [5, 5.41) is 18.1. The summed E-state index contributed by atoms with van der Waals surface area (Å²) >= 11 is 5.85. The van der Waals surface area contributed by atoms with Crippen molar-refractivity contribution in [2.75, 3.05) is 13.2 Å². The first-order valence-corrected chi connectivity index (χ1v) is 7.12. The van der Waals surface area contributed by atoms with Gasteiger partial charge in [0, 0.05) is 18.3 Å². The minimum Gasteiger partial charge on any atom is -0.394 e. The van der Waals surface area contributed by atoms with Crippen molar-refractivity contribution in [3.8, 4) is 0 Å². The summed E-state index contributed by atoms with van der Waals surface area (Å²) in [6.45, 7) is 4.10. The Hall–Kier alpha value is -0.580. The van der Waals surface area contributed by atoms with Gasteiger partial charge in [-0.1, -0.05) is 24.9 Å². The van der Waals surface area contributed by atoms with Gasteiger partial charge in [-0.3, -0.25) is 4.68 Å².